The number of halogens is 2. The van der Waals surface area contributed by atoms with E-state index >= 15 is 0 Å². The smallest absolute Gasteiger partial charge is 1.00 e. The van der Waals surface area contributed by atoms with E-state index in [-0.39, 0.29) is 24.8 Å². The molecule has 0 radical (unpaired) electrons. The Bertz CT molecular complexity index is 976. The van der Waals surface area contributed by atoms with Gasteiger partial charge in [0.1, 0.15) is 0 Å². The maximum absolute atomic E-state index is 2.39. The van der Waals surface area contributed by atoms with Crippen LogP contribution in [0, 0.1) is 20.8 Å². The van der Waals surface area contributed by atoms with Crippen LogP contribution in [0.3, 0.4) is 0 Å². The van der Waals surface area contributed by atoms with Crippen LogP contribution in [-0.4, -0.2) is 3.21 Å². The molecule has 139 valence electrons. The van der Waals surface area contributed by atoms with Crippen LogP contribution in [0.25, 0.3) is 16.7 Å². The number of hydrogen-bond acceptors (Lipinski definition) is 0. The third-order valence-corrected chi connectivity index (χ3v) is 9.37. The van der Waals surface area contributed by atoms with E-state index in [0.29, 0.717) is 3.63 Å². The number of allylic oxidation sites excluding steroid dienone is 4. The maximum Gasteiger partial charge on any atom is -1.00 e. The Hall–Kier alpha value is -0.747. The Morgan fingerprint density at radius 1 is 0.926 bits per heavy atom. The van der Waals surface area contributed by atoms with Crippen molar-refractivity contribution < 1.29 is 47.6 Å². The molecule has 0 bridgehead atoms. The molecule has 0 spiro atoms. The molecule has 0 aliphatic heterocycles. The van der Waals surface area contributed by atoms with Gasteiger partial charge in [-0.05, 0) is 0 Å². The first-order valence-electron chi connectivity index (χ1n) is 9.16. The molecule has 0 aromatic heterocycles. The van der Waals surface area contributed by atoms with Gasteiger partial charge in [0.2, 0.25) is 0 Å². The molecule has 0 saturated carbocycles. The third kappa shape index (κ3) is 3.64. The second kappa shape index (κ2) is 8.73. The average Bonchev–Trinajstić information content (AvgIpc) is 3.21. The molecule has 3 heteroatoms. The van der Waals surface area contributed by atoms with Crippen molar-refractivity contribution in [1.82, 2.24) is 0 Å². The summed E-state index contributed by atoms with van der Waals surface area (Å²) in [5.41, 5.74) is 13.8. The van der Waals surface area contributed by atoms with E-state index in [1.165, 1.54) is 27.8 Å². The van der Waals surface area contributed by atoms with Crippen LogP contribution in [-0.2, 0) is 22.8 Å². The summed E-state index contributed by atoms with van der Waals surface area (Å²) in [6.45, 7) is 11.7. The first kappa shape index (κ1) is 22.5. The van der Waals surface area contributed by atoms with Crippen molar-refractivity contribution in [2.45, 2.75) is 44.7 Å². The van der Waals surface area contributed by atoms with E-state index in [1.807, 2.05) is 0 Å². The predicted molar refractivity (Wildman–Crippen MR) is 106 cm³/mol. The molecule has 0 saturated heterocycles. The molecule has 0 nitrogen and oxygen atoms in total. The molecule has 0 fully saturated rings. The molecule has 0 N–H and O–H groups in total. The van der Waals surface area contributed by atoms with Gasteiger partial charge in [0.15, 0.2) is 0 Å². The number of fused-ring (bicyclic) bond motifs is 3. The summed E-state index contributed by atoms with van der Waals surface area (Å²) in [4.78, 5) is 0. The van der Waals surface area contributed by atoms with Crippen LogP contribution in [0.2, 0.25) is 0 Å². The van der Waals surface area contributed by atoms with Gasteiger partial charge in [-0.1, -0.05) is 0 Å². The Kier molecular flexibility index (Phi) is 7.29. The first-order chi connectivity index (χ1) is 12.0. The van der Waals surface area contributed by atoms with Crippen molar-refractivity contribution in [3.05, 3.63) is 75.9 Å². The average molecular weight is 476 g/mol. The van der Waals surface area contributed by atoms with Crippen LogP contribution in [0.4, 0.5) is 0 Å². The standard InChI is InChI=1S/C21H19.C3H6.2ClH.Zr/c1-13-14(2)20(16-8-4-5-9-16)19-12-17-10-6-7-11-18(17)21(19)15(13)3;1-3-2;;;/h4-8,10-12H,9H2,1-3H3;1-2H3;2*1H;/q;;;;+2/p-2. The zero-order valence-electron chi connectivity index (χ0n) is 16.6. The van der Waals surface area contributed by atoms with Gasteiger partial charge in [-0.2, -0.15) is 0 Å². The van der Waals surface area contributed by atoms with Gasteiger partial charge in [-0.15, -0.1) is 0 Å². The molecular formula is C24H25Cl2Zr. The number of rotatable bonds is 2. The van der Waals surface area contributed by atoms with Crippen molar-refractivity contribution in [2.24, 2.45) is 0 Å². The topological polar surface area (TPSA) is 0 Å². The molecule has 2 aliphatic carbocycles. The first-order valence-corrected chi connectivity index (χ1v) is 11.8. The van der Waals surface area contributed by atoms with Crippen LogP contribution in [0.1, 0.15) is 57.3 Å². The molecule has 1 atom stereocenters. The second-order valence-corrected chi connectivity index (χ2v) is 12.1. The minimum absolute atomic E-state index is 0. The molecule has 2 aromatic carbocycles. The van der Waals surface area contributed by atoms with E-state index in [0.717, 1.165) is 6.42 Å². The number of hydrogen-bond donors (Lipinski definition) is 0. The molecule has 2 aromatic rings. The van der Waals surface area contributed by atoms with Crippen LogP contribution in [0.5, 0.6) is 0 Å². The summed E-state index contributed by atoms with van der Waals surface area (Å²) in [6, 6.07) is 9.18. The van der Waals surface area contributed by atoms with E-state index in [2.05, 4.69) is 77.1 Å². The van der Waals surface area contributed by atoms with E-state index < -0.39 is 22.8 Å². The molecule has 4 rings (SSSR count). The summed E-state index contributed by atoms with van der Waals surface area (Å²) < 4.78 is 2.34. The Morgan fingerprint density at radius 3 is 2.22 bits per heavy atom. The van der Waals surface area contributed by atoms with Gasteiger partial charge in [0.05, 0.1) is 0 Å². The predicted octanol–water partition coefficient (Wildman–Crippen LogP) is 0.328. The fraction of sp³-hybridized carbons (Fsp3) is 0.292. The van der Waals surface area contributed by atoms with Crippen LogP contribution in [0.15, 0.2) is 42.5 Å². The fourth-order valence-corrected chi connectivity index (χ4v) is 7.92. The van der Waals surface area contributed by atoms with Crippen molar-refractivity contribution >= 4 is 8.78 Å². The molecule has 0 heterocycles. The summed E-state index contributed by atoms with van der Waals surface area (Å²) in [6.07, 6.45) is 7.94. The van der Waals surface area contributed by atoms with Crippen LogP contribution < -0.4 is 24.8 Å². The fourth-order valence-electron chi connectivity index (χ4n) is 4.44. The molecule has 27 heavy (non-hydrogen) atoms. The third-order valence-electron chi connectivity index (χ3n) is 5.77. The molecular weight excluding hydrogens is 450 g/mol. The minimum Gasteiger partial charge on any atom is -1.00 e. The summed E-state index contributed by atoms with van der Waals surface area (Å²) >= 11 is -0.645. The van der Waals surface area contributed by atoms with Crippen molar-refractivity contribution in [3.63, 3.8) is 0 Å². The monoisotopic (exact) mass is 473 g/mol. The Labute approximate surface area is 187 Å². The zero-order valence-corrected chi connectivity index (χ0v) is 20.6. The number of benzene rings is 2. The van der Waals surface area contributed by atoms with Crippen molar-refractivity contribution in [3.8, 4) is 11.1 Å². The van der Waals surface area contributed by atoms with Gasteiger partial charge in [-0.3, -0.25) is 0 Å². The molecule has 0 amide bonds. The minimum atomic E-state index is -0.645. The van der Waals surface area contributed by atoms with E-state index in [9.17, 15) is 0 Å². The van der Waals surface area contributed by atoms with Crippen molar-refractivity contribution in [1.29, 1.82) is 0 Å². The second-order valence-electron chi connectivity index (χ2n) is 7.53. The van der Waals surface area contributed by atoms with Gasteiger partial charge < -0.3 is 24.8 Å². The summed E-state index contributed by atoms with van der Waals surface area (Å²) in [5.74, 6) is 0. The molecule has 2 aliphatic rings. The van der Waals surface area contributed by atoms with Gasteiger partial charge in [-0.25, -0.2) is 0 Å². The molecule has 1 unspecified atom stereocenters. The van der Waals surface area contributed by atoms with Gasteiger partial charge >= 0.3 is 163 Å². The zero-order chi connectivity index (χ0) is 17.7. The Balaban J connectivity index is 0.00000131. The largest absolute Gasteiger partial charge is 1.00 e. The summed E-state index contributed by atoms with van der Waals surface area (Å²) in [7, 11) is 0. The SMILES string of the molecule is C[C](C)=[Zr+2][CH]1c2ccccc2-c2c(C)c(C)c(C)c(C3=CC=CC3)c21.[Cl-].[Cl-]. The summed E-state index contributed by atoms with van der Waals surface area (Å²) in [5, 5.41) is 0. The Morgan fingerprint density at radius 2 is 1.59 bits per heavy atom. The van der Waals surface area contributed by atoms with E-state index in [4.69, 9.17) is 0 Å². The van der Waals surface area contributed by atoms with E-state index in [1.54, 1.807) is 25.5 Å². The maximum atomic E-state index is 2.39. The van der Waals surface area contributed by atoms with Crippen LogP contribution >= 0.6 is 0 Å². The quantitative estimate of drug-likeness (QED) is 0.588. The normalized spacial score (nSPS) is 15.9. The van der Waals surface area contributed by atoms with Crippen molar-refractivity contribution in [2.75, 3.05) is 0 Å². The van der Waals surface area contributed by atoms with Gasteiger partial charge in [0, 0.05) is 0 Å². The van der Waals surface area contributed by atoms with Gasteiger partial charge in [0.25, 0.3) is 0 Å².